The monoisotopic (exact) mass is 255 g/mol. The topological polar surface area (TPSA) is 21.3 Å². The first-order valence-electron chi connectivity index (χ1n) is 8.20. The van der Waals surface area contributed by atoms with E-state index in [1.807, 2.05) is 0 Å². The van der Waals surface area contributed by atoms with Crippen LogP contribution in [0.2, 0.25) is 0 Å². The summed E-state index contributed by atoms with van der Waals surface area (Å²) in [6.07, 6.45) is 13.4. The maximum Gasteiger partial charge on any atom is 0.0480 e. The van der Waals surface area contributed by atoms with Crippen molar-refractivity contribution in [3.8, 4) is 0 Å². The second-order valence-electron chi connectivity index (χ2n) is 5.74. The first-order chi connectivity index (χ1) is 8.86. The number of rotatable bonds is 10. The van der Waals surface area contributed by atoms with Crippen LogP contribution in [0.15, 0.2) is 0 Å². The summed E-state index contributed by atoms with van der Waals surface area (Å²) in [6.45, 7) is 6.48. The Kier molecular flexibility index (Phi) is 9.59. The van der Waals surface area contributed by atoms with E-state index in [-0.39, 0.29) is 0 Å². The summed E-state index contributed by atoms with van der Waals surface area (Å²) in [6, 6.07) is 1.47. The summed E-state index contributed by atoms with van der Waals surface area (Å²) in [5, 5.41) is 3.89. The zero-order valence-corrected chi connectivity index (χ0v) is 12.5. The molecule has 0 unspecified atom stereocenters. The Labute approximate surface area is 114 Å². The molecule has 2 heteroatoms. The molecule has 1 saturated heterocycles. The van der Waals surface area contributed by atoms with Crippen LogP contribution < -0.4 is 5.32 Å². The zero-order chi connectivity index (χ0) is 13.1. The molecule has 0 aromatic heterocycles. The van der Waals surface area contributed by atoms with Crippen molar-refractivity contribution in [2.75, 3.05) is 13.2 Å². The van der Waals surface area contributed by atoms with Crippen LogP contribution in [0.25, 0.3) is 0 Å². The van der Waals surface area contributed by atoms with Crippen molar-refractivity contribution in [1.29, 1.82) is 0 Å². The maximum absolute atomic E-state index is 5.44. The molecule has 108 valence electrons. The van der Waals surface area contributed by atoms with Crippen molar-refractivity contribution in [1.82, 2.24) is 5.32 Å². The Bertz CT molecular complexity index is 168. The average Bonchev–Trinajstić information content (AvgIpc) is 2.40. The van der Waals surface area contributed by atoms with Crippen LogP contribution in [0.3, 0.4) is 0 Å². The molecule has 1 N–H and O–H groups in total. The first kappa shape index (κ1) is 16.0. The van der Waals surface area contributed by atoms with Gasteiger partial charge in [-0.25, -0.2) is 0 Å². The lowest BCUT2D eigenvalue weighted by Gasteiger charge is -2.29. The summed E-state index contributed by atoms with van der Waals surface area (Å²) < 4.78 is 5.44. The van der Waals surface area contributed by atoms with Gasteiger partial charge in [0.2, 0.25) is 0 Å². The van der Waals surface area contributed by atoms with Gasteiger partial charge in [-0.15, -0.1) is 0 Å². The highest BCUT2D eigenvalue weighted by Gasteiger charge is 2.17. The molecule has 0 aromatic carbocycles. The number of unbranched alkanes of at least 4 members (excludes halogenated alkanes) is 4. The number of ether oxygens (including phenoxy) is 1. The largest absolute Gasteiger partial charge is 0.381 e. The van der Waals surface area contributed by atoms with E-state index in [1.54, 1.807) is 0 Å². The minimum atomic E-state index is 0.715. The Morgan fingerprint density at radius 2 is 1.50 bits per heavy atom. The molecule has 0 saturated carbocycles. The normalized spacial score (nSPS) is 17.5. The second-order valence-corrected chi connectivity index (χ2v) is 5.74. The fourth-order valence-electron chi connectivity index (χ4n) is 2.79. The van der Waals surface area contributed by atoms with Crippen LogP contribution in [-0.2, 0) is 4.74 Å². The van der Waals surface area contributed by atoms with E-state index in [0.717, 1.165) is 19.3 Å². The van der Waals surface area contributed by atoms with Crippen molar-refractivity contribution >= 4 is 0 Å². The van der Waals surface area contributed by atoms with Gasteiger partial charge in [-0.2, -0.15) is 0 Å². The quantitative estimate of drug-likeness (QED) is 0.588. The molecule has 1 rings (SSSR count). The van der Waals surface area contributed by atoms with Gasteiger partial charge in [0.25, 0.3) is 0 Å². The van der Waals surface area contributed by atoms with E-state index >= 15 is 0 Å². The lowest BCUT2D eigenvalue weighted by Crippen LogP contribution is -2.41. The van der Waals surface area contributed by atoms with Gasteiger partial charge in [0.05, 0.1) is 0 Å². The van der Waals surface area contributed by atoms with Gasteiger partial charge in [0.1, 0.15) is 0 Å². The summed E-state index contributed by atoms with van der Waals surface area (Å²) in [5.74, 6) is 0. The second kappa shape index (κ2) is 10.8. The Morgan fingerprint density at radius 1 is 0.944 bits per heavy atom. The molecular formula is C16H33NO. The van der Waals surface area contributed by atoms with Crippen molar-refractivity contribution in [3.05, 3.63) is 0 Å². The van der Waals surface area contributed by atoms with Crippen LogP contribution in [0.5, 0.6) is 0 Å². The zero-order valence-electron chi connectivity index (χ0n) is 12.5. The van der Waals surface area contributed by atoms with Crippen LogP contribution in [-0.4, -0.2) is 25.3 Å². The Morgan fingerprint density at radius 3 is 2.00 bits per heavy atom. The van der Waals surface area contributed by atoms with E-state index in [2.05, 4.69) is 19.2 Å². The molecule has 2 nitrogen and oxygen atoms in total. The molecule has 0 aliphatic carbocycles. The van der Waals surface area contributed by atoms with Crippen molar-refractivity contribution in [2.45, 2.75) is 90.1 Å². The molecule has 0 atom stereocenters. The van der Waals surface area contributed by atoms with Gasteiger partial charge >= 0.3 is 0 Å². The summed E-state index contributed by atoms with van der Waals surface area (Å²) in [5.41, 5.74) is 0. The molecular weight excluding hydrogens is 222 g/mol. The van der Waals surface area contributed by atoms with Gasteiger partial charge in [0.15, 0.2) is 0 Å². The highest BCUT2D eigenvalue weighted by molar-refractivity contribution is 4.76. The molecule has 18 heavy (non-hydrogen) atoms. The fourth-order valence-corrected chi connectivity index (χ4v) is 2.79. The van der Waals surface area contributed by atoms with E-state index in [4.69, 9.17) is 4.74 Å². The Balaban J connectivity index is 2.22. The highest BCUT2D eigenvalue weighted by Crippen LogP contribution is 2.15. The SMILES string of the molecule is CCCCCC(CCCCC)NC1CCOCC1. The molecule has 1 fully saturated rings. The third-order valence-corrected chi connectivity index (χ3v) is 4.00. The molecule has 1 aliphatic heterocycles. The third kappa shape index (κ3) is 7.38. The van der Waals surface area contributed by atoms with Crippen molar-refractivity contribution in [2.24, 2.45) is 0 Å². The lowest BCUT2D eigenvalue weighted by atomic mass is 9.99. The maximum atomic E-state index is 5.44. The van der Waals surface area contributed by atoms with E-state index in [0.29, 0.717) is 6.04 Å². The van der Waals surface area contributed by atoms with Gasteiger partial charge < -0.3 is 10.1 Å². The van der Waals surface area contributed by atoms with Gasteiger partial charge in [-0.3, -0.25) is 0 Å². The van der Waals surface area contributed by atoms with E-state index in [9.17, 15) is 0 Å². The molecule has 1 heterocycles. The van der Waals surface area contributed by atoms with Crippen molar-refractivity contribution in [3.63, 3.8) is 0 Å². The van der Waals surface area contributed by atoms with Gasteiger partial charge in [0, 0.05) is 25.3 Å². The minimum Gasteiger partial charge on any atom is -0.381 e. The molecule has 0 aromatic rings. The predicted octanol–water partition coefficient (Wildman–Crippen LogP) is 4.28. The smallest absolute Gasteiger partial charge is 0.0480 e. The number of hydrogen-bond acceptors (Lipinski definition) is 2. The van der Waals surface area contributed by atoms with Gasteiger partial charge in [-0.1, -0.05) is 52.4 Å². The lowest BCUT2D eigenvalue weighted by molar-refractivity contribution is 0.0739. The predicted molar refractivity (Wildman–Crippen MR) is 79.0 cm³/mol. The summed E-state index contributed by atoms with van der Waals surface area (Å²) >= 11 is 0. The Hall–Kier alpha value is -0.0800. The van der Waals surface area contributed by atoms with E-state index in [1.165, 1.54) is 64.2 Å². The molecule has 0 spiro atoms. The summed E-state index contributed by atoms with van der Waals surface area (Å²) in [7, 11) is 0. The fraction of sp³-hybridized carbons (Fsp3) is 1.00. The molecule has 0 radical (unpaired) electrons. The van der Waals surface area contributed by atoms with Crippen LogP contribution in [0, 0.1) is 0 Å². The third-order valence-electron chi connectivity index (χ3n) is 4.00. The first-order valence-corrected chi connectivity index (χ1v) is 8.20. The molecule has 0 amide bonds. The van der Waals surface area contributed by atoms with Crippen LogP contribution >= 0.6 is 0 Å². The minimum absolute atomic E-state index is 0.715. The highest BCUT2D eigenvalue weighted by atomic mass is 16.5. The number of hydrogen-bond donors (Lipinski definition) is 1. The van der Waals surface area contributed by atoms with Crippen LogP contribution in [0.4, 0.5) is 0 Å². The van der Waals surface area contributed by atoms with Crippen LogP contribution in [0.1, 0.15) is 78.1 Å². The molecule has 0 bridgehead atoms. The average molecular weight is 255 g/mol. The molecule has 1 aliphatic rings. The standard InChI is InChI=1S/C16H33NO/c1-3-5-7-9-15(10-8-6-4-2)17-16-11-13-18-14-12-16/h15-17H,3-14H2,1-2H3. The number of nitrogens with one attached hydrogen (secondary N) is 1. The van der Waals surface area contributed by atoms with Gasteiger partial charge in [-0.05, 0) is 25.7 Å². The van der Waals surface area contributed by atoms with Crippen molar-refractivity contribution < 1.29 is 4.74 Å². The summed E-state index contributed by atoms with van der Waals surface area (Å²) in [4.78, 5) is 0. The van der Waals surface area contributed by atoms with E-state index < -0.39 is 0 Å².